The first-order valence-corrected chi connectivity index (χ1v) is 7.91. The van der Waals surface area contributed by atoms with Crippen molar-refractivity contribution in [1.82, 2.24) is 0 Å². The Balaban J connectivity index is 2.72. The lowest BCUT2D eigenvalue weighted by molar-refractivity contribution is -0.212. The fraction of sp³-hybridized carbons (Fsp3) is 0.400. The van der Waals surface area contributed by atoms with Crippen molar-refractivity contribution in [3.8, 4) is 0 Å². The van der Waals surface area contributed by atoms with Gasteiger partial charge in [0.2, 0.25) is 0 Å². The van der Waals surface area contributed by atoms with E-state index in [0.29, 0.717) is 0 Å². The van der Waals surface area contributed by atoms with Gasteiger partial charge in [-0.15, -0.1) is 0 Å². The van der Waals surface area contributed by atoms with Crippen molar-refractivity contribution < 1.29 is 10.2 Å². The highest BCUT2D eigenvalue weighted by Gasteiger charge is 2.55. The van der Waals surface area contributed by atoms with Crippen molar-refractivity contribution in [2.24, 2.45) is 11.8 Å². The van der Waals surface area contributed by atoms with Crippen molar-refractivity contribution >= 4 is 0 Å². The maximum absolute atomic E-state index is 11.7. The third kappa shape index (κ3) is 2.47. The van der Waals surface area contributed by atoms with Gasteiger partial charge in [0.05, 0.1) is 0 Å². The lowest BCUT2D eigenvalue weighted by atomic mass is 9.63. The highest BCUT2D eigenvalue weighted by Crippen LogP contribution is 2.49. The van der Waals surface area contributed by atoms with Gasteiger partial charge in [-0.2, -0.15) is 0 Å². The average Bonchev–Trinajstić information content (AvgIpc) is 2.54. The molecule has 0 saturated heterocycles. The van der Waals surface area contributed by atoms with Crippen LogP contribution in [-0.2, 0) is 11.2 Å². The molecular formula is C20H26O2. The summed E-state index contributed by atoms with van der Waals surface area (Å²) in [7, 11) is 0. The van der Waals surface area contributed by atoms with Crippen LogP contribution in [0.25, 0.3) is 0 Å². The van der Waals surface area contributed by atoms with Crippen LogP contribution in [0.4, 0.5) is 0 Å². The van der Waals surface area contributed by atoms with Crippen LogP contribution in [0.15, 0.2) is 60.7 Å². The van der Waals surface area contributed by atoms with Crippen LogP contribution in [0.2, 0.25) is 0 Å². The van der Waals surface area contributed by atoms with E-state index in [1.54, 1.807) is 0 Å². The molecule has 0 heterocycles. The molecule has 0 radical (unpaired) electrons. The minimum absolute atomic E-state index is 0.150. The Morgan fingerprint density at radius 1 is 0.591 bits per heavy atom. The van der Waals surface area contributed by atoms with E-state index >= 15 is 0 Å². The van der Waals surface area contributed by atoms with Crippen LogP contribution in [0.1, 0.15) is 38.8 Å². The number of rotatable bonds is 5. The number of benzene rings is 2. The minimum atomic E-state index is -1.37. The summed E-state index contributed by atoms with van der Waals surface area (Å²) in [5.41, 5.74) is -1.26. The third-order valence-corrected chi connectivity index (χ3v) is 4.68. The van der Waals surface area contributed by atoms with Gasteiger partial charge in [-0.1, -0.05) is 88.4 Å². The molecule has 0 spiro atoms. The number of aliphatic hydroxyl groups is 2. The largest absolute Gasteiger partial charge is 0.381 e. The van der Waals surface area contributed by atoms with Gasteiger partial charge in [-0.05, 0) is 23.0 Å². The lowest BCUT2D eigenvalue weighted by Gasteiger charge is -2.49. The van der Waals surface area contributed by atoms with Gasteiger partial charge in [-0.3, -0.25) is 0 Å². The van der Waals surface area contributed by atoms with Gasteiger partial charge in [0.1, 0.15) is 11.2 Å². The lowest BCUT2D eigenvalue weighted by Crippen LogP contribution is -2.55. The molecule has 0 aromatic heterocycles. The molecule has 2 aromatic carbocycles. The zero-order valence-electron chi connectivity index (χ0n) is 13.8. The summed E-state index contributed by atoms with van der Waals surface area (Å²) < 4.78 is 0. The van der Waals surface area contributed by atoms with Gasteiger partial charge >= 0.3 is 0 Å². The molecule has 0 bridgehead atoms. The Bertz CT molecular complexity index is 536. The molecule has 2 N–H and O–H groups in total. The molecule has 2 nitrogen and oxygen atoms in total. The second-order valence-electron chi connectivity index (χ2n) is 6.57. The van der Waals surface area contributed by atoms with Crippen LogP contribution in [0.3, 0.4) is 0 Å². The molecular weight excluding hydrogens is 272 g/mol. The zero-order valence-corrected chi connectivity index (χ0v) is 13.8. The summed E-state index contributed by atoms with van der Waals surface area (Å²) in [6.45, 7) is 7.79. The molecule has 2 rings (SSSR count). The molecule has 0 aliphatic carbocycles. The van der Waals surface area contributed by atoms with E-state index in [1.165, 1.54) is 0 Å². The van der Waals surface area contributed by atoms with Crippen molar-refractivity contribution in [2.75, 3.05) is 0 Å². The molecule has 0 amide bonds. The van der Waals surface area contributed by atoms with E-state index in [4.69, 9.17) is 0 Å². The van der Waals surface area contributed by atoms with Gasteiger partial charge in [0.25, 0.3) is 0 Å². The molecule has 0 fully saturated rings. The standard InChI is InChI=1S/C20H26O2/c1-15(2)19(21,17-11-7-5-8-12-17)20(22,16(3)4)18-13-9-6-10-14-18/h5-16,21-22H,1-4H3. The summed E-state index contributed by atoms with van der Waals surface area (Å²) in [5.74, 6) is -0.301. The van der Waals surface area contributed by atoms with Crippen LogP contribution in [0.5, 0.6) is 0 Å². The molecule has 2 atom stereocenters. The molecule has 0 saturated carbocycles. The molecule has 2 heteroatoms. The van der Waals surface area contributed by atoms with Gasteiger partial charge in [-0.25, -0.2) is 0 Å². The quantitative estimate of drug-likeness (QED) is 0.873. The summed E-state index contributed by atoms with van der Waals surface area (Å²) in [4.78, 5) is 0. The Kier molecular flexibility index (Phi) is 4.74. The highest BCUT2D eigenvalue weighted by molar-refractivity contribution is 5.35. The van der Waals surface area contributed by atoms with Gasteiger partial charge in [0.15, 0.2) is 0 Å². The smallest absolute Gasteiger partial charge is 0.125 e. The average molecular weight is 298 g/mol. The van der Waals surface area contributed by atoms with Crippen LogP contribution in [0, 0.1) is 11.8 Å². The first-order valence-electron chi connectivity index (χ1n) is 7.91. The Labute approximate surface area is 133 Å². The molecule has 2 unspecified atom stereocenters. The first-order chi connectivity index (χ1) is 10.3. The molecule has 2 aromatic rings. The topological polar surface area (TPSA) is 40.5 Å². The molecule has 0 aliphatic heterocycles. The van der Waals surface area contributed by atoms with E-state index in [9.17, 15) is 10.2 Å². The molecule has 22 heavy (non-hydrogen) atoms. The van der Waals surface area contributed by atoms with E-state index in [0.717, 1.165) is 11.1 Å². The van der Waals surface area contributed by atoms with Crippen molar-refractivity contribution in [3.63, 3.8) is 0 Å². The van der Waals surface area contributed by atoms with E-state index in [2.05, 4.69) is 0 Å². The highest BCUT2D eigenvalue weighted by atomic mass is 16.4. The number of hydrogen-bond donors (Lipinski definition) is 2. The summed E-state index contributed by atoms with van der Waals surface area (Å²) >= 11 is 0. The van der Waals surface area contributed by atoms with E-state index in [1.807, 2.05) is 88.4 Å². The Hall–Kier alpha value is -1.64. The predicted molar refractivity (Wildman–Crippen MR) is 90.4 cm³/mol. The zero-order chi connectivity index (χ0) is 16.4. The van der Waals surface area contributed by atoms with E-state index in [-0.39, 0.29) is 11.8 Å². The third-order valence-electron chi connectivity index (χ3n) is 4.68. The number of hydrogen-bond acceptors (Lipinski definition) is 2. The van der Waals surface area contributed by atoms with Crippen LogP contribution < -0.4 is 0 Å². The second kappa shape index (κ2) is 6.23. The van der Waals surface area contributed by atoms with Crippen LogP contribution in [-0.4, -0.2) is 10.2 Å². The maximum atomic E-state index is 11.7. The normalized spacial score (nSPS) is 17.3. The Morgan fingerprint density at radius 2 is 0.864 bits per heavy atom. The van der Waals surface area contributed by atoms with Gasteiger partial charge < -0.3 is 10.2 Å². The van der Waals surface area contributed by atoms with Crippen molar-refractivity contribution in [1.29, 1.82) is 0 Å². The van der Waals surface area contributed by atoms with Crippen molar-refractivity contribution in [3.05, 3.63) is 71.8 Å². The molecule has 0 aliphatic rings. The second-order valence-corrected chi connectivity index (χ2v) is 6.57. The predicted octanol–water partition coefficient (Wildman–Crippen LogP) is 4.07. The fourth-order valence-electron chi connectivity index (χ4n) is 3.37. The molecule has 118 valence electrons. The summed E-state index contributed by atoms with van der Waals surface area (Å²) in [5, 5.41) is 23.3. The maximum Gasteiger partial charge on any atom is 0.125 e. The van der Waals surface area contributed by atoms with Gasteiger partial charge in [0, 0.05) is 0 Å². The fourth-order valence-corrected chi connectivity index (χ4v) is 3.37. The van der Waals surface area contributed by atoms with E-state index < -0.39 is 11.2 Å². The SMILES string of the molecule is CC(C)C(O)(c1ccccc1)C(O)(c1ccccc1)C(C)C. The van der Waals surface area contributed by atoms with Crippen LogP contribution >= 0.6 is 0 Å². The first kappa shape index (κ1) is 16.7. The monoisotopic (exact) mass is 298 g/mol. The van der Waals surface area contributed by atoms with Crippen molar-refractivity contribution in [2.45, 2.75) is 38.9 Å². The minimum Gasteiger partial charge on any atom is -0.381 e. The Morgan fingerprint density at radius 3 is 1.09 bits per heavy atom. The summed E-state index contributed by atoms with van der Waals surface area (Å²) in [6, 6.07) is 19.0. The summed E-state index contributed by atoms with van der Waals surface area (Å²) in [6.07, 6.45) is 0.